The number of morpholine rings is 1. The van der Waals surface area contributed by atoms with Gasteiger partial charge in [-0.25, -0.2) is 9.97 Å². The lowest BCUT2D eigenvalue weighted by molar-refractivity contribution is -0.144. The fraction of sp³-hybridized carbons (Fsp3) is 0.545. The Morgan fingerprint density at radius 1 is 1.67 bits per heavy atom. The van der Waals surface area contributed by atoms with Gasteiger partial charge in [-0.1, -0.05) is 0 Å². The highest BCUT2D eigenvalue weighted by molar-refractivity contribution is 5.69. The molecular formula is C11H16N4O3. The zero-order valence-electron chi connectivity index (χ0n) is 10.2. The highest BCUT2D eigenvalue weighted by atomic mass is 16.5. The van der Waals surface area contributed by atoms with E-state index in [1.807, 2.05) is 4.90 Å². The van der Waals surface area contributed by atoms with Crippen LogP contribution in [0.4, 0.5) is 11.6 Å². The number of hydrogen-bond donors (Lipinski definition) is 1. The van der Waals surface area contributed by atoms with Crippen molar-refractivity contribution in [3.05, 3.63) is 12.4 Å². The third kappa shape index (κ3) is 3.07. The standard InChI is InChI=1S/C11H16N4O3/c1-17-11(16)4-8-6-15(2-3-18-8)10-5-9(12)13-7-14-10/h5,7-8H,2-4,6H2,1H3,(H2,12,13,14). The number of nitrogens with zero attached hydrogens (tertiary/aromatic N) is 3. The van der Waals surface area contributed by atoms with Gasteiger partial charge >= 0.3 is 5.97 Å². The molecule has 1 saturated heterocycles. The highest BCUT2D eigenvalue weighted by Gasteiger charge is 2.24. The second kappa shape index (κ2) is 5.63. The fourth-order valence-electron chi connectivity index (χ4n) is 1.85. The van der Waals surface area contributed by atoms with E-state index in [4.69, 9.17) is 10.5 Å². The molecule has 0 bridgehead atoms. The molecule has 1 fully saturated rings. The van der Waals surface area contributed by atoms with Gasteiger partial charge in [0.05, 0.1) is 26.2 Å². The van der Waals surface area contributed by atoms with E-state index in [2.05, 4.69) is 14.7 Å². The molecule has 1 atom stereocenters. The molecule has 0 spiro atoms. The minimum absolute atomic E-state index is 0.178. The number of carbonyl (C=O) groups excluding carboxylic acids is 1. The zero-order valence-corrected chi connectivity index (χ0v) is 10.2. The molecule has 0 amide bonds. The predicted molar refractivity (Wildman–Crippen MR) is 65.0 cm³/mol. The van der Waals surface area contributed by atoms with Gasteiger partial charge in [-0.15, -0.1) is 0 Å². The van der Waals surface area contributed by atoms with Crippen molar-refractivity contribution in [2.75, 3.05) is 37.4 Å². The molecule has 0 saturated carbocycles. The summed E-state index contributed by atoms with van der Waals surface area (Å²) in [6.07, 6.45) is 1.49. The molecule has 1 aliphatic rings. The maximum atomic E-state index is 11.2. The monoisotopic (exact) mass is 252 g/mol. The van der Waals surface area contributed by atoms with Crippen molar-refractivity contribution in [1.29, 1.82) is 0 Å². The maximum Gasteiger partial charge on any atom is 0.308 e. The summed E-state index contributed by atoms with van der Waals surface area (Å²) >= 11 is 0. The summed E-state index contributed by atoms with van der Waals surface area (Å²) in [5.41, 5.74) is 5.62. The van der Waals surface area contributed by atoms with Crippen LogP contribution in [0.3, 0.4) is 0 Å². The molecule has 0 aliphatic carbocycles. The van der Waals surface area contributed by atoms with E-state index in [1.54, 1.807) is 6.07 Å². The zero-order chi connectivity index (χ0) is 13.0. The summed E-state index contributed by atoms with van der Waals surface area (Å²) in [6.45, 7) is 1.85. The molecule has 1 aliphatic heterocycles. The highest BCUT2D eigenvalue weighted by Crippen LogP contribution is 2.17. The van der Waals surface area contributed by atoms with Crippen LogP contribution in [0.15, 0.2) is 12.4 Å². The summed E-state index contributed by atoms with van der Waals surface area (Å²) < 4.78 is 10.1. The van der Waals surface area contributed by atoms with Crippen molar-refractivity contribution in [3.8, 4) is 0 Å². The van der Waals surface area contributed by atoms with Crippen molar-refractivity contribution in [3.63, 3.8) is 0 Å². The number of rotatable bonds is 3. The lowest BCUT2D eigenvalue weighted by Gasteiger charge is -2.33. The topological polar surface area (TPSA) is 90.6 Å². The van der Waals surface area contributed by atoms with Crippen LogP contribution in [-0.4, -0.2) is 48.8 Å². The van der Waals surface area contributed by atoms with Gasteiger partial charge in [-0.3, -0.25) is 4.79 Å². The van der Waals surface area contributed by atoms with Gasteiger partial charge in [-0.05, 0) is 0 Å². The number of nitrogen functional groups attached to an aromatic ring is 1. The summed E-state index contributed by atoms with van der Waals surface area (Å²) in [4.78, 5) is 21.2. The molecule has 7 nitrogen and oxygen atoms in total. The largest absolute Gasteiger partial charge is 0.469 e. The predicted octanol–water partition coefficient (Wildman–Crippen LogP) is -0.173. The third-order valence-corrected chi connectivity index (χ3v) is 2.76. The van der Waals surface area contributed by atoms with Crippen molar-refractivity contribution in [2.45, 2.75) is 12.5 Å². The number of ether oxygens (including phenoxy) is 2. The molecule has 1 unspecified atom stereocenters. The average molecular weight is 252 g/mol. The number of esters is 1. The van der Waals surface area contributed by atoms with E-state index in [-0.39, 0.29) is 18.5 Å². The number of hydrogen-bond acceptors (Lipinski definition) is 7. The van der Waals surface area contributed by atoms with E-state index in [9.17, 15) is 4.79 Å². The number of aromatic nitrogens is 2. The molecule has 2 rings (SSSR count). The summed E-state index contributed by atoms with van der Waals surface area (Å²) in [7, 11) is 1.37. The van der Waals surface area contributed by atoms with Gasteiger partial charge < -0.3 is 20.1 Å². The summed E-state index contributed by atoms with van der Waals surface area (Å²) in [5, 5.41) is 0. The van der Waals surface area contributed by atoms with E-state index in [1.165, 1.54) is 13.4 Å². The smallest absolute Gasteiger partial charge is 0.308 e. The molecule has 0 aromatic carbocycles. The lowest BCUT2D eigenvalue weighted by atomic mass is 10.2. The molecule has 7 heteroatoms. The Hall–Kier alpha value is -1.89. The van der Waals surface area contributed by atoms with Crippen LogP contribution in [0.2, 0.25) is 0 Å². The van der Waals surface area contributed by atoms with Gasteiger partial charge in [0, 0.05) is 19.2 Å². The molecule has 1 aromatic rings. The van der Waals surface area contributed by atoms with E-state index in [0.717, 1.165) is 5.82 Å². The van der Waals surface area contributed by atoms with Gasteiger partial charge in [0.25, 0.3) is 0 Å². The first-order valence-electron chi connectivity index (χ1n) is 5.70. The molecule has 98 valence electrons. The van der Waals surface area contributed by atoms with Crippen LogP contribution in [0, 0.1) is 0 Å². The van der Waals surface area contributed by atoms with E-state index < -0.39 is 0 Å². The number of carbonyl (C=O) groups is 1. The Morgan fingerprint density at radius 2 is 2.50 bits per heavy atom. The van der Waals surface area contributed by atoms with Crippen LogP contribution >= 0.6 is 0 Å². The average Bonchev–Trinajstić information content (AvgIpc) is 2.39. The minimum atomic E-state index is -0.274. The lowest BCUT2D eigenvalue weighted by Crippen LogP contribution is -2.43. The van der Waals surface area contributed by atoms with Gasteiger partial charge in [0.2, 0.25) is 0 Å². The van der Waals surface area contributed by atoms with Crippen LogP contribution in [0.25, 0.3) is 0 Å². The van der Waals surface area contributed by atoms with Crippen LogP contribution in [0.1, 0.15) is 6.42 Å². The van der Waals surface area contributed by atoms with E-state index >= 15 is 0 Å². The van der Waals surface area contributed by atoms with Crippen molar-refractivity contribution in [2.24, 2.45) is 0 Å². The van der Waals surface area contributed by atoms with Crippen molar-refractivity contribution < 1.29 is 14.3 Å². The Balaban J connectivity index is 2.00. The SMILES string of the molecule is COC(=O)CC1CN(c2cc(N)ncn2)CCO1. The van der Waals surface area contributed by atoms with Crippen molar-refractivity contribution in [1.82, 2.24) is 9.97 Å². The molecular weight excluding hydrogens is 236 g/mol. The second-order valence-electron chi connectivity index (χ2n) is 4.02. The Morgan fingerprint density at radius 3 is 3.22 bits per heavy atom. The summed E-state index contributed by atoms with van der Waals surface area (Å²) in [5.74, 6) is 0.903. The quantitative estimate of drug-likeness (QED) is 0.746. The minimum Gasteiger partial charge on any atom is -0.469 e. The molecule has 1 aromatic heterocycles. The van der Waals surface area contributed by atoms with Crippen LogP contribution < -0.4 is 10.6 Å². The van der Waals surface area contributed by atoms with Gasteiger partial charge in [-0.2, -0.15) is 0 Å². The molecule has 18 heavy (non-hydrogen) atoms. The maximum absolute atomic E-state index is 11.2. The Bertz CT molecular complexity index is 427. The fourth-order valence-corrected chi connectivity index (χ4v) is 1.85. The van der Waals surface area contributed by atoms with Crippen molar-refractivity contribution >= 4 is 17.6 Å². The number of methoxy groups -OCH3 is 1. The van der Waals surface area contributed by atoms with Gasteiger partial charge in [0.15, 0.2) is 0 Å². The first kappa shape index (κ1) is 12.6. The van der Waals surface area contributed by atoms with Crippen LogP contribution in [-0.2, 0) is 14.3 Å². The Kier molecular flexibility index (Phi) is 3.93. The molecule has 0 radical (unpaired) electrons. The normalized spacial score (nSPS) is 19.6. The first-order valence-corrected chi connectivity index (χ1v) is 5.70. The van der Waals surface area contributed by atoms with E-state index in [0.29, 0.717) is 25.5 Å². The first-order chi connectivity index (χ1) is 8.69. The number of anilines is 2. The Labute approximate surface area is 105 Å². The third-order valence-electron chi connectivity index (χ3n) is 2.76. The van der Waals surface area contributed by atoms with Crippen LogP contribution in [0.5, 0.6) is 0 Å². The molecule has 2 heterocycles. The van der Waals surface area contributed by atoms with Gasteiger partial charge in [0.1, 0.15) is 18.0 Å². The summed E-state index contributed by atoms with van der Waals surface area (Å²) in [6, 6.07) is 1.71. The number of nitrogens with two attached hydrogens (primary N) is 1. The molecule has 2 N–H and O–H groups in total. The second-order valence-corrected chi connectivity index (χ2v) is 4.02.